The number of hydrogen-bond donors (Lipinski definition) is 7. The molecule has 2 fully saturated rings. The summed E-state index contributed by atoms with van der Waals surface area (Å²) in [6, 6.07) is 9.24. The summed E-state index contributed by atoms with van der Waals surface area (Å²) in [5.41, 5.74) is 2.30. The van der Waals surface area contributed by atoms with E-state index < -0.39 is 71.8 Å². The smallest absolute Gasteiger partial charge is 0.245 e. The molecule has 5 rings (SSSR count). The van der Waals surface area contributed by atoms with E-state index in [2.05, 4.69) is 31.6 Å². The van der Waals surface area contributed by atoms with Gasteiger partial charge in [0, 0.05) is 43.0 Å². The maximum absolute atomic E-state index is 14.2. The first-order valence-electron chi connectivity index (χ1n) is 19.0. The first kappa shape index (κ1) is 40.7. The molecule has 0 aliphatic carbocycles. The molecule has 0 unspecified atom stereocenters. The van der Waals surface area contributed by atoms with Crippen molar-refractivity contribution in [3.63, 3.8) is 0 Å². The molecule has 2 saturated heterocycles. The van der Waals surface area contributed by atoms with Gasteiger partial charge in [-0.2, -0.15) is 0 Å². The number of rotatable bonds is 8. The molecule has 6 atom stereocenters. The minimum absolute atomic E-state index is 0.00473. The molecule has 296 valence electrons. The fourth-order valence-electron chi connectivity index (χ4n) is 7.12. The Kier molecular flexibility index (Phi) is 13.9. The topological polar surface area (TPSA) is 211 Å². The number of amides is 6. The molecule has 0 spiro atoms. The van der Waals surface area contributed by atoms with Crippen molar-refractivity contribution in [2.24, 2.45) is 5.92 Å². The Labute approximate surface area is 320 Å². The van der Waals surface area contributed by atoms with Crippen LogP contribution in [0.25, 0.3) is 10.9 Å². The number of H-pyrrole nitrogens is 1. The molecule has 2 aromatic carbocycles. The molecule has 0 saturated carbocycles. The van der Waals surface area contributed by atoms with Crippen molar-refractivity contribution in [3.05, 3.63) is 65.9 Å². The van der Waals surface area contributed by atoms with Gasteiger partial charge in [-0.3, -0.25) is 28.8 Å². The number of nitrogens with one attached hydrogen (secondary N) is 6. The summed E-state index contributed by atoms with van der Waals surface area (Å²) >= 11 is 0. The number of para-hydroxylation sites is 1. The number of benzene rings is 2. The quantitative estimate of drug-likeness (QED) is 0.177. The summed E-state index contributed by atoms with van der Waals surface area (Å²) < 4.78 is 5.19. The lowest BCUT2D eigenvalue weighted by molar-refractivity contribution is -0.142. The van der Waals surface area contributed by atoms with E-state index in [0.29, 0.717) is 24.2 Å². The predicted molar refractivity (Wildman–Crippen MR) is 205 cm³/mol. The van der Waals surface area contributed by atoms with Crippen LogP contribution in [0.15, 0.2) is 54.7 Å². The monoisotopic (exact) mass is 759 g/mol. The molecular formula is C40H53N7O8. The zero-order valence-electron chi connectivity index (χ0n) is 31.9. The predicted octanol–water partition coefficient (Wildman–Crippen LogP) is 1.23. The Bertz CT molecular complexity index is 1840. The normalized spacial score (nSPS) is 24.8. The highest BCUT2D eigenvalue weighted by Gasteiger charge is 2.42. The van der Waals surface area contributed by atoms with Crippen molar-refractivity contribution < 1.29 is 38.6 Å². The van der Waals surface area contributed by atoms with E-state index in [9.17, 15) is 33.9 Å². The second kappa shape index (κ2) is 18.7. The molecule has 2 aliphatic rings. The van der Waals surface area contributed by atoms with E-state index in [4.69, 9.17) is 4.74 Å². The molecule has 3 heterocycles. The van der Waals surface area contributed by atoms with Gasteiger partial charge in [0.05, 0.1) is 19.6 Å². The van der Waals surface area contributed by atoms with Crippen LogP contribution in [0.2, 0.25) is 0 Å². The van der Waals surface area contributed by atoms with Crippen LogP contribution in [-0.2, 0) is 41.6 Å². The van der Waals surface area contributed by atoms with Crippen LogP contribution < -0.4 is 31.3 Å². The Morgan fingerprint density at radius 3 is 2.38 bits per heavy atom. The van der Waals surface area contributed by atoms with E-state index in [1.54, 1.807) is 37.6 Å². The van der Waals surface area contributed by atoms with Gasteiger partial charge in [-0.15, -0.1) is 0 Å². The molecule has 0 radical (unpaired) electrons. The number of nitrogens with zero attached hydrogens (tertiary/aromatic N) is 1. The molecule has 7 N–H and O–H groups in total. The van der Waals surface area contributed by atoms with Crippen LogP contribution in [0.3, 0.4) is 0 Å². The summed E-state index contributed by atoms with van der Waals surface area (Å²) in [7, 11) is 1.55. The Morgan fingerprint density at radius 2 is 1.65 bits per heavy atom. The summed E-state index contributed by atoms with van der Waals surface area (Å²) in [6.07, 6.45) is 2.27. The molecule has 2 aliphatic heterocycles. The van der Waals surface area contributed by atoms with Crippen molar-refractivity contribution in [3.8, 4) is 5.75 Å². The fourth-order valence-corrected chi connectivity index (χ4v) is 7.12. The van der Waals surface area contributed by atoms with Crippen LogP contribution in [0.5, 0.6) is 5.75 Å². The third-order valence-electron chi connectivity index (χ3n) is 10.1. The van der Waals surface area contributed by atoms with Gasteiger partial charge in [-0.25, -0.2) is 0 Å². The number of fused-ring (bicyclic) bond motifs is 2. The zero-order chi connectivity index (χ0) is 39.6. The first-order chi connectivity index (χ1) is 26.3. The van der Waals surface area contributed by atoms with Gasteiger partial charge in [-0.05, 0) is 67.9 Å². The SMILES string of the molecule is COc1ccc(CC(=O)N[C@H]2CCCCNC(=O)[C@@H]3C[C@@H](O)CN3C(=O)[C@@H](CC(C)C)NC(=O)[C@H](Cc3c[nH]c4ccccc34)NC(=O)[C@@H](C)NC2=O)cc1. The lowest BCUT2D eigenvalue weighted by atomic mass is 10.00. The van der Waals surface area contributed by atoms with E-state index >= 15 is 0 Å². The number of carbonyl (C=O) groups is 6. The van der Waals surface area contributed by atoms with Crippen molar-refractivity contribution in [2.45, 2.75) is 102 Å². The number of methoxy groups -OCH3 is 1. The largest absolute Gasteiger partial charge is 0.497 e. The second-order valence-corrected chi connectivity index (χ2v) is 14.9. The van der Waals surface area contributed by atoms with Gasteiger partial charge in [0.25, 0.3) is 0 Å². The van der Waals surface area contributed by atoms with Crippen molar-refractivity contribution in [1.82, 2.24) is 36.5 Å². The minimum atomic E-state index is -1.17. The number of aromatic amines is 1. The lowest BCUT2D eigenvalue weighted by Gasteiger charge is -2.30. The van der Waals surface area contributed by atoms with Crippen LogP contribution in [0, 0.1) is 5.92 Å². The third kappa shape index (κ3) is 10.8. The summed E-state index contributed by atoms with van der Waals surface area (Å²) in [6.45, 7) is 5.46. The number of hydrogen-bond acceptors (Lipinski definition) is 8. The summed E-state index contributed by atoms with van der Waals surface area (Å²) in [5.74, 6) is -2.56. The van der Waals surface area contributed by atoms with Crippen LogP contribution >= 0.6 is 0 Å². The molecule has 15 heteroatoms. The number of carbonyl (C=O) groups excluding carboxylic acids is 6. The van der Waals surface area contributed by atoms with Gasteiger partial charge in [0.1, 0.15) is 36.0 Å². The second-order valence-electron chi connectivity index (χ2n) is 14.9. The standard InChI is InChI=1S/C40H53N7O8/c1-23(2)17-33-40(54)47-22-27(48)20-34(47)39(53)41-16-8-7-11-31(44-35(49)18-25-12-14-28(55-4)15-13-25)37(51)43-24(3)36(50)45-32(38(52)46-33)19-26-21-42-30-10-6-5-9-29(26)30/h5-6,9-10,12-15,21,23-24,27,31-34,42,48H,7-8,11,16-20,22H2,1-4H3,(H,41,53)(H,43,51)(H,44,49)(H,45,50)(H,46,52)/t24-,27-,31+,32+,33-,34+/m1/s1. The highest BCUT2D eigenvalue weighted by atomic mass is 16.5. The number of aliphatic hydroxyl groups excluding tert-OH is 1. The van der Waals surface area contributed by atoms with Gasteiger partial charge < -0.3 is 46.3 Å². The van der Waals surface area contributed by atoms with E-state index in [0.717, 1.165) is 16.5 Å². The average molecular weight is 760 g/mol. The van der Waals surface area contributed by atoms with Crippen LogP contribution in [0.4, 0.5) is 0 Å². The fraction of sp³-hybridized carbons (Fsp3) is 0.500. The van der Waals surface area contributed by atoms with E-state index in [1.165, 1.54) is 11.8 Å². The molecule has 55 heavy (non-hydrogen) atoms. The van der Waals surface area contributed by atoms with Gasteiger partial charge >= 0.3 is 0 Å². The zero-order valence-corrected chi connectivity index (χ0v) is 31.9. The maximum Gasteiger partial charge on any atom is 0.245 e. The first-order valence-corrected chi connectivity index (χ1v) is 19.0. The summed E-state index contributed by atoms with van der Waals surface area (Å²) in [5, 5.41) is 25.4. The average Bonchev–Trinajstić information content (AvgIpc) is 3.76. The molecular weight excluding hydrogens is 706 g/mol. The minimum Gasteiger partial charge on any atom is -0.497 e. The van der Waals surface area contributed by atoms with Crippen LogP contribution in [-0.4, -0.2) is 107 Å². The van der Waals surface area contributed by atoms with Gasteiger partial charge in [0.2, 0.25) is 35.4 Å². The lowest BCUT2D eigenvalue weighted by Crippen LogP contribution is -2.59. The number of ether oxygens (including phenoxy) is 1. The molecule has 3 aromatic rings. The van der Waals surface area contributed by atoms with Gasteiger partial charge in [0.15, 0.2) is 0 Å². The van der Waals surface area contributed by atoms with Gasteiger partial charge in [-0.1, -0.05) is 44.2 Å². The van der Waals surface area contributed by atoms with E-state index in [1.807, 2.05) is 38.1 Å². The molecule has 6 amide bonds. The number of aromatic nitrogens is 1. The van der Waals surface area contributed by atoms with Crippen molar-refractivity contribution >= 4 is 46.3 Å². The Hall–Kier alpha value is -5.44. The summed E-state index contributed by atoms with van der Waals surface area (Å²) in [4.78, 5) is 86.8. The molecule has 0 bridgehead atoms. The van der Waals surface area contributed by atoms with Crippen molar-refractivity contribution in [1.29, 1.82) is 0 Å². The highest BCUT2D eigenvalue weighted by molar-refractivity contribution is 5.97. The number of aliphatic hydroxyl groups is 1. The highest BCUT2D eigenvalue weighted by Crippen LogP contribution is 2.23. The Morgan fingerprint density at radius 1 is 0.927 bits per heavy atom. The third-order valence-corrected chi connectivity index (χ3v) is 10.1. The van der Waals surface area contributed by atoms with Crippen molar-refractivity contribution in [2.75, 3.05) is 20.2 Å². The Balaban J connectivity index is 1.41. The maximum atomic E-state index is 14.2. The molecule has 1 aromatic heterocycles. The molecule has 15 nitrogen and oxygen atoms in total. The van der Waals surface area contributed by atoms with Crippen LogP contribution in [0.1, 0.15) is 64.0 Å². The van der Waals surface area contributed by atoms with E-state index in [-0.39, 0.29) is 51.1 Å².